The van der Waals surface area contributed by atoms with Gasteiger partial charge in [0.15, 0.2) is 0 Å². The molecule has 4 atom stereocenters. The van der Waals surface area contributed by atoms with Gasteiger partial charge in [-0.3, -0.25) is 9.59 Å². The van der Waals surface area contributed by atoms with Gasteiger partial charge in [-0.15, -0.1) is 0 Å². The van der Waals surface area contributed by atoms with E-state index >= 15 is 0 Å². The molecule has 0 bridgehead atoms. The van der Waals surface area contributed by atoms with Crippen LogP contribution in [0.2, 0.25) is 0 Å². The molecule has 1 aliphatic rings. The smallest absolute Gasteiger partial charge is 0.429 e. The van der Waals surface area contributed by atoms with Gasteiger partial charge in [0.1, 0.15) is 18.2 Å². The SMILES string of the molecule is CC(C)OC(=O)NN(C(=O)OC(C)C)C1C=C(C(=O)NC(C)C(N)=O)CC(O)C1O. The molecule has 0 aromatic rings. The third-order valence-electron chi connectivity index (χ3n) is 4.00. The minimum absolute atomic E-state index is 0.0210. The Morgan fingerprint density at radius 2 is 1.67 bits per heavy atom. The number of carbonyl (C=O) groups is 4. The number of hydrogen-bond donors (Lipinski definition) is 5. The van der Waals surface area contributed by atoms with Crippen LogP contribution < -0.4 is 16.5 Å². The average molecular weight is 430 g/mol. The second-order valence-corrected chi connectivity index (χ2v) is 7.41. The molecule has 0 spiro atoms. The van der Waals surface area contributed by atoms with Crippen molar-refractivity contribution in [2.75, 3.05) is 0 Å². The number of hydrazine groups is 1. The van der Waals surface area contributed by atoms with E-state index in [0.717, 1.165) is 0 Å². The highest BCUT2D eigenvalue weighted by molar-refractivity contribution is 5.97. The second-order valence-electron chi connectivity index (χ2n) is 7.41. The monoisotopic (exact) mass is 430 g/mol. The minimum Gasteiger partial charge on any atom is -0.446 e. The molecule has 0 aromatic carbocycles. The van der Waals surface area contributed by atoms with E-state index in [1.165, 1.54) is 13.0 Å². The third kappa shape index (κ3) is 7.19. The molecule has 4 unspecified atom stereocenters. The molecule has 4 amide bonds. The number of nitrogens with one attached hydrogen (secondary N) is 2. The summed E-state index contributed by atoms with van der Waals surface area (Å²) in [4.78, 5) is 48.2. The first-order chi connectivity index (χ1) is 13.8. The largest absolute Gasteiger partial charge is 0.446 e. The molecule has 170 valence electrons. The Morgan fingerprint density at radius 3 is 2.17 bits per heavy atom. The zero-order chi connectivity index (χ0) is 23.2. The van der Waals surface area contributed by atoms with Crippen molar-refractivity contribution in [2.45, 2.75) is 77.5 Å². The van der Waals surface area contributed by atoms with E-state index in [-0.39, 0.29) is 12.0 Å². The van der Waals surface area contributed by atoms with Gasteiger partial charge in [-0.2, -0.15) is 0 Å². The van der Waals surface area contributed by atoms with Crippen molar-refractivity contribution in [1.29, 1.82) is 0 Å². The van der Waals surface area contributed by atoms with Crippen molar-refractivity contribution in [3.8, 4) is 0 Å². The van der Waals surface area contributed by atoms with Crippen LogP contribution in [-0.4, -0.2) is 75.7 Å². The molecule has 12 heteroatoms. The Hall–Kier alpha value is -2.86. The summed E-state index contributed by atoms with van der Waals surface area (Å²) in [5.41, 5.74) is 7.27. The summed E-state index contributed by atoms with van der Waals surface area (Å²) < 4.78 is 10.0. The number of nitrogens with two attached hydrogens (primary N) is 1. The molecule has 30 heavy (non-hydrogen) atoms. The predicted molar refractivity (Wildman–Crippen MR) is 104 cm³/mol. The van der Waals surface area contributed by atoms with Gasteiger partial charge in [0.05, 0.1) is 18.3 Å². The highest BCUT2D eigenvalue weighted by Crippen LogP contribution is 2.24. The fourth-order valence-electron chi connectivity index (χ4n) is 2.54. The molecule has 0 aromatic heterocycles. The molecular weight excluding hydrogens is 400 g/mol. The third-order valence-corrected chi connectivity index (χ3v) is 4.00. The van der Waals surface area contributed by atoms with Gasteiger partial charge in [-0.1, -0.05) is 0 Å². The van der Waals surface area contributed by atoms with E-state index in [0.29, 0.717) is 5.01 Å². The van der Waals surface area contributed by atoms with Crippen LogP contribution in [0, 0.1) is 0 Å². The summed E-state index contributed by atoms with van der Waals surface area (Å²) >= 11 is 0. The molecule has 12 nitrogen and oxygen atoms in total. The van der Waals surface area contributed by atoms with Gasteiger partial charge in [0.25, 0.3) is 0 Å². The van der Waals surface area contributed by atoms with Crippen LogP contribution in [0.25, 0.3) is 0 Å². The molecule has 6 N–H and O–H groups in total. The lowest BCUT2D eigenvalue weighted by molar-refractivity contribution is -0.125. The molecular formula is C18H30N4O8. The zero-order valence-corrected chi connectivity index (χ0v) is 17.6. The number of aliphatic hydroxyl groups excluding tert-OH is 2. The number of amides is 4. The molecule has 0 saturated heterocycles. The summed E-state index contributed by atoms with van der Waals surface area (Å²) in [6.07, 6.45) is -5.14. The van der Waals surface area contributed by atoms with Gasteiger partial charge in [0.2, 0.25) is 11.8 Å². The minimum atomic E-state index is -1.55. The van der Waals surface area contributed by atoms with Crippen LogP contribution in [0.4, 0.5) is 9.59 Å². The fourth-order valence-corrected chi connectivity index (χ4v) is 2.54. The van der Waals surface area contributed by atoms with Gasteiger partial charge >= 0.3 is 12.2 Å². The highest BCUT2D eigenvalue weighted by atomic mass is 16.6. The normalized spacial score (nSPS) is 22.0. The molecule has 0 radical (unpaired) electrons. The van der Waals surface area contributed by atoms with Crippen LogP contribution in [0.1, 0.15) is 41.0 Å². The summed E-state index contributed by atoms with van der Waals surface area (Å²) in [6.45, 7) is 7.72. The number of rotatable bonds is 6. The summed E-state index contributed by atoms with van der Waals surface area (Å²) in [7, 11) is 0. The molecule has 0 fully saturated rings. The predicted octanol–water partition coefficient (Wildman–Crippen LogP) is -0.706. The molecule has 0 saturated carbocycles. The van der Waals surface area contributed by atoms with Crippen molar-refractivity contribution in [3.63, 3.8) is 0 Å². The summed E-state index contributed by atoms with van der Waals surface area (Å²) in [5, 5.41) is 23.6. The van der Waals surface area contributed by atoms with E-state index in [4.69, 9.17) is 15.2 Å². The van der Waals surface area contributed by atoms with Gasteiger partial charge in [-0.05, 0) is 40.7 Å². The topological polar surface area (TPSA) is 181 Å². The zero-order valence-electron chi connectivity index (χ0n) is 17.6. The van der Waals surface area contributed by atoms with E-state index < -0.39 is 60.5 Å². The molecule has 0 heterocycles. The Morgan fingerprint density at radius 1 is 1.10 bits per heavy atom. The number of nitrogens with zero attached hydrogens (tertiary/aromatic N) is 1. The molecule has 1 aliphatic carbocycles. The first-order valence-corrected chi connectivity index (χ1v) is 9.47. The lowest BCUT2D eigenvalue weighted by Crippen LogP contribution is -2.60. The van der Waals surface area contributed by atoms with Crippen LogP contribution >= 0.6 is 0 Å². The maximum Gasteiger partial charge on any atom is 0.429 e. The standard InChI is InChI=1S/C18H30N4O8/c1-8(2)29-17(27)21-22(18(28)30-9(3)4)12-6-11(7-13(23)14(12)24)16(26)20-10(5)15(19)25/h6,8-10,12-14,23-24H,7H2,1-5H3,(H2,19,25)(H,20,26)(H,21,27). The van der Waals surface area contributed by atoms with E-state index in [9.17, 15) is 29.4 Å². The van der Waals surface area contributed by atoms with E-state index in [1.54, 1.807) is 27.7 Å². The second kappa shape index (κ2) is 10.8. The van der Waals surface area contributed by atoms with Crippen LogP contribution in [-0.2, 0) is 19.1 Å². The van der Waals surface area contributed by atoms with Crippen LogP contribution in [0.3, 0.4) is 0 Å². The van der Waals surface area contributed by atoms with Crippen molar-refractivity contribution in [1.82, 2.24) is 15.8 Å². The van der Waals surface area contributed by atoms with Crippen LogP contribution in [0.15, 0.2) is 11.6 Å². The van der Waals surface area contributed by atoms with Crippen LogP contribution in [0.5, 0.6) is 0 Å². The fraction of sp³-hybridized carbons (Fsp3) is 0.667. The Bertz CT molecular complexity index is 694. The number of hydrogen-bond acceptors (Lipinski definition) is 8. The number of primary amides is 1. The van der Waals surface area contributed by atoms with Gasteiger partial charge < -0.3 is 30.7 Å². The highest BCUT2D eigenvalue weighted by Gasteiger charge is 2.40. The van der Waals surface area contributed by atoms with Crippen molar-refractivity contribution in [2.24, 2.45) is 5.73 Å². The maximum absolute atomic E-state index is 12.5. The lowest BCUT2D eigenvalue weighted by Gasteiger charge is -2.37. The number of carbonyl (C=O) groups excluding carboxylic acids is 4. The first-order valence-electron chi connectivity index (χ1n) is 9.47. The maximum atomic E-state index is 12.5. The molecule has 0 aliphatic heterocycles. The van der Waals surface area contributed by atoms with Crippen molar-refractivity contribution < 1.29 is 38.9 Å². The first kappa shape index (κ1) is 25.2. The van der Waals surface area contributed by atoms with E-state index in [2.05, 4.69) is 10.7 Å². The number of aliphatic hydroxyl groups is 2. The van der Waals surface area contributed by atoms with E-state index in [1.807, 2.05) is 0 Å². The van der Waals surface area contributed by atoms with Gasteiger partial charge in [0, 0.05) is 12.0 Å². The Kier molecular flexibility index (Phi) is 9.05. The lowest BCUT2D eigenvalue weighted by atomic mass is 9.89. The number of ether oxygens (including phenoxy) is 2. The average Bonchev–Trinajstić information content (AvgIpc) is 2.60. The Balaban J connectivity index is 3.21. The quantitative estimate of drug-likeness (QED) is 0.343. The van der Waals surface area contributed by atoms with Gasteiger partial charge in [-0.25, -0.2) is 20.0 Å². The molecule has 1 rings (SSSR count). The van der Waals surface area contributed by atoms with Crippen molar-refractivity contribution in [3.05, 3.63) is 11.6 Å². The summed E-state index contributed by atoms with van der Waals surface area (Å²) in [5.74, 6) is -1.49. The Labute approximate surface area is 174 Å². The van der Waals surface area contributed by atoms with Crippen molar-refractivity contribution >= 4 is 24.0 Å². The summed E-state index contributed by atoms with van der Waals surface area (Å²) in [6, 6.07) is -2.34.